The molecule has 0 fully saturated rings. The second-order valence-corrected chi connectivity index (χ2v) is 21.9. The molecule has 12 heteroatoms. The summed E-state index contributed by atoms with van der Waals surface area (Å²) >= 11 is 0. The van der Waals surface area contributed by atoms with Gasteiger partial charge in [0.05, 0.1) is 46.4 Å². The number of unbranched alkanes of at least 4 members (excludes halogenated alkanes) is 30. The summed E-state index contributed by atoms with van der Waals surface area (Å²) in [6.45, 7) is 7.44. The molecule has 0 spiro atoms. The van der Waals surface area contributed by atoms with Crippen molar-refractivity contribution in [3.05, 3.63) is 36.4 Å². The highest BCUT2D eigenvalue weighted by Gasteiger charge is 2.19. The van der Waals surface area contributed by atoms with Gasteiger partial charge in [-0.15, -0.1) is 0 Å². The Hall–Kier alpha value is -1.76. The van der Waals surface area contributed by atoms with Gasteiger partial charge in [-0.2, -0.15) is 0 Å². The van der Waals surface area contributed by atoms with Gasteiger partial charge in [0.15, 0.2) is 0 Å². The minimum atomic E-state index is -4.23. The van der Waals surface area contributed by atoms with Gasteiger partial charge in [0, 0.05) is 24.3 Å². The average Bonchev–Trinajstić information content (AvgIpc) is 3.81. The molecule has 368 valence electrons. The molecule has 0 aliphatic carbocycles. The minimum Gasteiger partial charge on any atom is -0.748 e. The van der Waals surface area contributed by atoms with Crippen molar-refractivity contribution in [3.8, 4) is 0 Å². The Morgan fingerprint density at radius 1 is 0.381 bits per heavy atom. The van der Waals surface area contributed by atoms with E-state index in [0.717, 1.165) is 58.0 Å². The maximum Gasteiger partial charge on any atom is 0.256 e. The fourth-order valence-corrected chi connectivity index (χ4v) is 10.2. The average molecular weight is 925 g/mol. The fourth-order valence-electron chi connectivity index (χ4n) is 9.26. The van der Waals surface area contributed by atoms with Gasteiger partial charge in [0.2, 0.25) is 0 Å². The van der Waals surface area contributed by atoms with Crippen LogP contribution >= 0.6 is 0 Å². The van der Waals surface area contributed by atoms with Gasteiger partial charge in [-0.25, -0.2) is 35.1 Å². The van der Waals surface area contributed by atoms with Gasteiger partial charge >= 0.3 is 0 Å². The zero-order valence-electron chi connectivity index (χ0n) is 40.8. The lowest BCUT2D eigenvalue weighted by Gasteiger charge is -2.09. The molecule has 0 aliphatic heterocycles. The number of nitrogens with zero attached hydrogens (tertiary/aromatic N) is 4. The van der Waals surface area contributed by atoms with Crippen molar-refractivity contribution in [3.63, 3.8) is 0 Å². The Balaban J connectivity index is 1.77. The van der Waals surface area contributed by atoms with E-state index in [2.05, 4.69) is 56.9 Å². The van der Waals surface area contributed by atoms with E-state index in [-0.39, 0.29) is 11.5 Å². The molecule has 0 N–H and O–H groups in total. The Morgan fingerprint density at radius 2 is 0.635 bits per heavy atom. The number of aromatic nitrogens is 4. The van der Waals surface area contributed by atoms with Gasteiger partial charge in [-0.3, -0.25) is 0 Å². The van der Waals surface area contributed by atoms with Gasteiger partial charge in [-0.1, -0.05) is 194 Å². The first kappa shape index (κ1) is 57.4. The molecule has 10 nitrogen and oxygen atoms in total. The van der Waals surface area contributed by atoms with Gasteiger partial charge in [-0.05, 0) is 44.9 Å². The highest BCUT2D eigenvalue weighted by atomic mass is 32.2. The first-order chi connectivity index (χ1) is 30.5. The largest absolute Gasteiger partial charge is 0.748 e. The molecule has 2 heterocycles. The first-order valence-electron chi connectivity index (χ1n) is 26.6. The van der Waals surface area contributed by atoms with E-state index in [1.165, 1.54) is 191 Å². The summed E-state index contributed by atoms with van der Waals surface area (Å²) in [4.78, 5) is 0. The predicted molar refractivity (Wildman–Crippen MR) is 259 cm³/mol. The van der Waals surface area contributed by atoms with Gasteiger partial charge in [0.1, 0.15) is 24.8 Å². The Kier molecular flexibility index (Phi) is 34.0. The summed E-state index contributed by atoms with van der Waals surface area (Å²) in [5.74, 6) is 1.79. The van der Waals surface area contributed by atoms with Crippen LogP contribution < -0.4 is 9.13 Å². The van der Waals surface area contributed by atoms with Crippen molar-refractivity contribution in [1.29, 1.82) is 0 Å². The molecule has 0 amide bonds. The molecular formula is C51H96N4O6S2. The van der Waals surface area contributed by atoms with E-state index in [1.807, 2.05) is 0 Å². The van der Waals surface area contributed by atoms with Crippen LogP contribution in [-0.2, 0) is 59.3 Å². The van der Waals surface area contributed by atoms with Crippen LogP contribution in [0.4, 0.5) is 0 Å². The lowest BCUT2D eigenvalue weighted by Crippen LogP contribution is -2.38. The summed E-state index contributed by atoms with van der Waals surface area (Å²) in [5.41, 5.74) is 0. The van der Waals surface area contributed by atoms with Crippen LogP contribution in [0.25, 0.3) is 0 Å². The second-order valence-electron chi connectivity index (χ2n) is 18.9. The number of aryl methyl sites for hydroxylation is 4. The lowest BCUT2D eigenvalue weighted by atomic mass is 10.0. The Morgan fingerprint density at radius 3 is 0.905 bits per heavy atom. The van der Waals surface area contributed by atoms with Crippen LogP contribution in [-0.4, -0.2) is 46.6 Å². The van der Waals surface area contributed by atoms with Crippen molar-refractivity contribution >= 4 is 20.2 Å². The number of hydrogen-bond donors (Lipinski definition) is 0. The molecule has 0 saturated heterocycles. The zero-order valence-corrected chi connectivity index (χ0v) is 42.4. The van der Waals surface area contributed by atoms with Crippen molar-refractivity contribution in [2.45, 2.75) is 278 Å². The van der Waals surface area contributed by atoms with Crippen molar-refractivity contribution < 1.29 is 35.1 Å². The quantitative estimate of drug-likeness (QED) is 0.0369. The molecule has 0 atom stereocenters. The van der Waals surface area contributed by atoms with Crippen LogP contribution in [0.1, 0.15) is 250 Å². The smallest absolute Gasteiger partial charge is 0.256 e. The van der Waals surface area contributed by atoms with E-state index >= 15 is 0 Å². The standard InChI is InChI=1S/C51H96N4O6S2/c1-3-5-7-9-11-13-15-17-19-21-23-25-27-29-32-38-50-52(44-46-54(50)42-36-48-62(56,57)58)40-34-31-35-41-53-45-47-55(43-37-49-63(59,60)61)51(53)39-33-30-28-26-24-22-20-18-16-14-12-10-8-6-4-2/h44-47H,3-43,48-49H2,1-2H3. The van der Waals surface area contributed by atoms with Gasteiger partial charge < -0.3 is 9.11 Å². The predicted octanol–water partition coefficient (Wildman–Crippen LogP) is 12.4. The maximum atomic E-state index is 11.3. The van der Waals surface area contributed by atoms with Crippen molar-refractivity contribution in [2.75, 3.05) is 11.5 Å². The van der Waals surface area contributed by atoms with Crippen LogP contribution in [0.15, 0.2) is 24.8 Å². The zero-order chi connectivity index (χ0) is 45.7. The molecule has 0 saturated carbocycles. The third kappa shape index (κ3) is 31.7. The van der Waals surface area contributed by atoms with Crippen LogP contribution in [0, 0.1) is 0 Å². The molecule has 0 unspecified atom stereocenters. The molecular weight excluding hydrogens is 829 g/mol. The van der Waals surface area contributed by atoms with E-state index in [1.54, 1.807) is 0 Å². The summed E-state index contributed by atoms with van der Waals surface area (Å²) < 4.78 is 76.9. The summed E-state index contributed by atoms with van der Waals surface area (Å²) in [6, 6.07) is 0. The normalized spacial score (nSPS) is 12.3. The third-order valence-electron chi connectivity index (χ3n) is 13.1. The fraction of sp³-hybridized carbons (Fsp3) is 0.882. The molecule has 0 bridgehead atoms. The topological polar surface area (TPSA) is 132 Å². The van der Waals surface area contributed by atoms with Crippen LogP contribution in [0.3, 0.4) is 0 Å². The molecule has 63 heavy (non-hydrogen) atoms. The molecule has 0 radical (unpaired) electrons. The molecule has 2 rings (SSSR count). The Labute approximate surface area is 388 Å². The lowest BCUT2D eigenvalue weighted by molar-refractivity contribution is -0.703. The van der Waals surface area contributed by atoms with E-state index in [0.29, 0.717) is 25.9 Å². The van der Waals surface area contributed by atoms with Crippen LogP contribution in [0.2, 0.25) is 0 Å². The van der Waals surface area contributed by atoms with E-state index in [4.69, 9.17) is 0 Å². The van der Waals surface area contributed by atoms with E-state index in [9.17, 15) is 25.9 Å². The monoisotopic (exact) mass is 925 g/mol. The van der Waals surface area contributed by atoms with Crippen molar-refractivity contribution in [1.82, 2.24) is 9.13 Å². The van der Waals surface area contributed by atoms with Crippen LogP contribution in [0.5, 0.6) is 0 Å². The summed E-state index contributed by atoms with van der Waals surface area (Å²) in [6.07, 6.45) is 54.0. The summed E-state index contributed by atoms with van der Waals surface area (Å²) in [7, 11) is -8.45. The van der Waals surface area contributed by atoms with Crippen molar-refractivity contribution in [2.24, 2.45) is 0 Å². The summed E-state index contributed by atoms with van der Waals surface area (Å²) in [5, 5.41) is 0. The van der Waals surface area contributed by atoms with Gasteiger partial charge in [0.25, 0.3) is 11.6 Å². The molecule has 0 aliphatic rings. The minimum absolute atomic E-state index is 0.331. The SMILES string of the molecule is CCCCCCCCCCCCCCCCCc1n(CCCCCn2cc[n+](CCCS(=O)(=O)[O-])c2CCCCCCCCCCCCCCCCC)cc[n+]1CCCS(=O)(=O)[O-]. The number of rotatable bonds is 46. The first-order valence-corrected chi connectivity index (χ1v) is 29.7. The molecule has 2 aromatic heterocycles. The molecule has 2 aromatic rings. The maximum absolute atomic E-state index is 11.3. The molecule has 0 aromatic carbocycles. The second kappa shape index (κ2) is 37.3. The highest BCUT2D eigenvalue weighted by Crippen LogP contribution is 2.17. The third-order valence-corrected chi connectivity index (χ3v) is 14.6. The number of imidazole rings is 2. The highest BCUT2D eigenvalue weighted by molar-refractivity contribution is 7.85. The van der Waals surface area contributed by atoms with E-state index < -0.39 is 20.2 Å². The number of hydrogen-bond acceptors (Lipinski definition) is 6. The Bertz CT molecular complexity index is 1470.